The van der Waals surface area contributed by atoms with E-state index in [-0.39, 0.29) is 5.91 Å². The molecule has 1 saturated heterocycles. The van der Waals surface area contributed by atoms with Gasteiger partial charge in [-0.25, -0.2) is 0 Å². The minimum absolute atomic E-state index is 0.0296. The van der Waals surface area contributed by atoms with Crippen LogP contribution in [0.15, 0.2) is 4.99 Å². The summed E-state index contributed by atoms with van der Waals surface area (Å²) in [6, 6.07) is 0. The third-order valence-electron chi connectivity index (χ3n) is 2.74. The number of hydrogen-bond acceptors (Lipinski definition) is 4. The summed E-state index contributed by atoms with van der Waals surface area (Å²) in [5.74, 6) is 2.57. The van der Waals surface area contributed by atoms with Crippen molar-refractivity contribution in [1.29, 1.82) is 0 Å². The van der Waals surface area contributed by atoms with Crippen molar-refractivity contribution >= 4 is 34.6 Å². The van der Waals surface area contributed by atoms with E-state index in [0.717, 1.165) is 24.2 Å². The Hall–Kier alpha value is -0.160. The van der Waals surface area contributed by atoms with Gasteiger partial charge in [0.1, 0.15) is 0 Å². The summed E-state index contributed by atoms with van der Waals surface area (Å²) >= 11 is 3.51. The number of amidine groups is 1. The van der Waals surface area contributed by atoms with Crippen molar-refractivity contribution in [3.63, 3.8) is 0 Å². The molecular formula is C10H16N2OS2. The first-order valence-corrected chi connectivity index (χ1v) is 7.65. The van der Waals surface area contributed by atoms with Gasteiger partial charge in [-0.05, 0) is 30.8 Å². The molecule has 1 amide bonds. The molecule has 0 aromatic heterocycles. The van der Waals surface area contributed by atoms with Gasteiger partial charge in [-0.2, -0.15) is 16.8 Å². The van der Waals surface area contributed by atoms with Crippen molar-refractivity contribution in [2.75, 3.05) is 30.9 Å². The average molecular weight is 244 g/mol. The molecule has 1 unspecified atom stereocenters. The van der Waals surface area contributed by atoms with Crippen LogP contribution in [-0.4, -0.2) is 46.8 Å². The normalized spacial score (nSPS) is 27.0. The zero-order chi connectivity index (χ0) is 10.7. The molecule has 15 heavy (non-hydrogen) atoms. The molecule has 1 atom stereocenters. The molecule has 2 heterocycles. The zero-order valence-corrected chi connectivity index (χ0v) is 10.6. The second-order valence-corrected chi connectivity index (χ2v) is 5.84. The van der Waals surface area contributed by atoms with E-state index in [1.165, 1.54) is 18.6 Å². The van der Waals surface area contributed by atoms with Gasteiger partial charge in [0, 0.05) is 13.1 Å². The van der Waals surface area contributed by atoms with Gasteiger partial charge in [-0.1, -0.05) is 11.8 Å². The van der Waals surface area contributed by atoms with Crippen molar-refractivity contribution in [3.05, 3.63) is 0 Å². The maximum absolute atomic E-state index is 11.1. The SMILES string of the molecule is CSCC1CCCN(C2=NC(=O)CS2)C1. The van der Waals surface area contributed by atoms with E-state index in [9.17, 15) is 4.79 Å². The summed E-state index contributed by atoms with van der Waals surface area (Å²) in [4.78, 5) is 17.4. The first kappa shape index (κ1) is 11.3. The van der Waals surface area contributed by atoms with Crippen LogP contribution in [0.1, 0.15) is 12.8 Å². The number of thioether (sulfide) groups is 2. The van der Waals surface area contributed by atoms with Gasteiger partial charge in [0.15, 0.2) is 5.17 Å². The molecule has 0 spiro atoms. The third-order valence-corrected chi connectivity index (χ3v) is 4.54. The highest BCUT2D eigenvalue weighted by molar-refractivity contribution is 8.14. The van der Waals surface area contributed by atoms with Crippen LogP contribution in [0.25, 0.3) is 0 Å². The number of likely N-dealkylation sites (tertiary alicyclic amines) is 1. The summed E-state index contributed by atoms with van der Waals surface area (Å²) < 4.78 is 0. The number of carbonyl (C=O) groups excluding carboxylic acids is 1. The fourth-order valence-corrected chi connectivity index (χ4v) is 3.65. The van der Waals surface area contributed by atoms with E-state index in [2.05, 4.69) is 16.1 Å². The predicted octanol–water partition coefficient (Wildman–Crippen LogP) is 1.69. The molecule has 0 saturated carbocycles. The van der Waals surface area contributed by atoms with E-state index in [4.69, 9.17) is 0 Å². The van der Waals surface area contributed by atoms with Gasteiger partial charge in [-0.15, -0.1) is 0 Å². The Bertz CT molecular complexity index is 279. The molecule has 2 aliphatic rings. The molecule has 2 rings (SSSR count). The topological polar surface area (TPSA) is 32.7 Å². The van der Waals surface area contributed by atoms with Crippen LogP contribution < -0.4 is 0 Å². The molecule has 0 aliphatic carbocycles. The lowest BCUT2D eigenvalue weighted by Gasteiger charge is -2.33. The Morgan fingerprint density at radius 3 is 3.20 bits per heavy atom. The van der Waals surface area contributed by atoms with Crippen LogP contribution in [0.4, 0.5) is 0 Å². The maximum Gasteiger partial charge on any atom is 0.258 e. The number of carbonyl (C=O) groups is 1. The fraction of sp³-hybridized carbons (Fsp3) is 0.800. The summed E-state index contributed by atoms with van der Waals surface area (Å²) in [5.41, 5.74) is 0. The number of nitrogens with zero attached hydrogens (tertiary/aromatic N) is 2. The molecule has 0 radical (unpaired) electrons. The van der Waals surface area contributed by atoms with Crippen molar-refractivity contribution < 1.29 is 4.79 Å². The molecule has 5 heteroatoms. The van der Waals surface area contributed by atoms with E-state index >= 15 is 0 Å². The van der Waals surface area contributed by atoms with Crippen LogP contribution in [0, 0.1) is 5.92 Å². The van der Waals surface area contributed by atoms with Crippen LogP contribution >= 0.6 is 23.5 Å². The van der Waals surface area contributed by atoms with Gasteiger partial charge in [-0.3, -0.25) is 4.79 Å². The number of rotatable bonds is 2. The maximum atomic E-state index is 11.1. The van der Waals surface area contributed by atoms with E-state index in [1.54, 1.807) is 11.8 Å². The number of piperidine rings is 1. The van der Waals surface area contributed by atoms with Crippen molar-refractivity contribution in [2.24, 2.45) is 10.9 Å². The first-order chi connectivity index (χ1) is 7.29. The summed E-state index contributed by atoms with van der Waals surface area (Å²) in [6.45, 7) is 2.16. The second kappa shape index (κ2) is 5.25. The van der Waals surface area contributed by atoms with Gasteiger partial charge in [0.05, 0.1) is 5.75 Å². The van der Waals surface area contributed by atoms with Crippen LogP contribution in [0.5, 0.6) is 0 Å². The van der Waals surface area contributed by atoms with Crippen molar-refractivity contribution in [1.82, 2.24) is 4.90 Å². The molecule has 0 N–H and O–H groups in total. The summed E-state index contributed by atoms with van der Waals surface area (Å²) in [5, 5.41) is 0.964. The molecule has 3 nitrogen and oxygen atoms in total. The highest BCUT2D eigenvalue weighted by Gasteiger charge is 2.26. The quantitative estimate of drug-likeness (QED) is 0.740. The third kappa shape index (κ3) is 2.91. The summed E-state index contributed by atoms with van der Waals surface area (Å²) in [6.07, 6.45) is 4.71. The molecule has 0 aromatic rings. The Kier molecular flexibility index (Phi) is 3.97. The smallest absolute Gasteiger partial charge is 0.258 e. The second-order valence-electron chi connectivity index (χ2n) is 3.99. The highest BCUT2D eigenvalue weighted by atomic mass is 32.2. The van der Waals surface area contributed by atoms with Crippen LogP contribution in [-0.2, 0) is 4.79 Å². The molecule has 2 aliphatic heterocycles. The van der Waals surface area contributed by atoms with E-state index < -0.39 is 0 Å². The predicted molar refractivity (Wildman–Crippen MR) is 67.6 cm³/mol. The van der Waals surface area contributed by atoms with Crippen LogP contribution in [0.2, 0.25) is 0 Å². The Morgan fingerprint density at radius 1 is 1.67 bits per heavy atom. The minimum atomic E-state index is 0.0296. The average Bonchev–Trinajstić information content (AvgIpc) is 2.66. The number of hydrogen-bond donors (Lipinski definition) is 0. The van der Waals surface area contributed by atoms with Gasteiger partial charge < -0.3 is 4.90 Å². The lowest BCUT2D eigenvalue weighted by Crippen LogP contribution is -2.38. The van der Waals surface area contributed by atoms with Gasteiger partial charge in [0.25, 0.3) is 5.91 Å². The number of aliphatic imine (C=N–C) groups is 1. The van der Waals surface area contributed by atoms with Gasteiger partial charge in [0.2, 0.25) is 0 Å². The lowest BCUT2D eigenvalue weighted by atomic mass is 10.0. The molecule has 84 valence electrons. The highest BCUT2D eigenvalue weighted by Crippen LogP contribution is 2.24. The number of amides is 1. The molecule has 0 bridgehead atoms. The first-order valence-electron chi connectivity index (χ1n) is 5.28. The zero-order valence-electron chi connectivity index (χ0n) is 8.94. The van der Waals surface area contributed by atoms with Crippen molar-refractivity contribution in [3.8, 4) is 0 Å². The lowest BCUT2D eigenvalue weighted by molar-refractivity contribution is -0.115. The van der Waals surface area contributed by atoms with E-state index in [0.29, 0.717) is 5.75 Å². The van der Waals surface area contributed by atoms with Crippen molar-refractivity contribution in [2.45, 2.75) is 12.8 Å². The minimum Gasteiger partial charge on any atom is -0.351 e. The fourth-order valence-electron chi connectivity index (χ4n) is 2.07. The molecular weight excluding hydrogens is 228 g/mol. The Labute approximate surface area is 99.1 Å². The molecule has 1 fully saturated rings. The standard InChI is InChI=1S/C10H16N2OS2/c1-14-6-8-3-2-4-12(5-8)10-11-9(13)7-15-10/h8H,2-7H2,1H3. The largest absolute Gasteiger partial charge is 0.351 e. The Morgan fingerprint density at radius 2 is 2.53 bits per heavy atom. The van der Waals surface area contributed by atoms with Crippen LogP contribution in [0.3, 0.4) is 0 Å². The molecule has 0 aromatic carbocycles. The van der Waals surface area contributed by atoms with E-state index in [1.807, 2.05) is 11.8 Å². The monoisotopic (exact) mass is 244 g/mol. The Balaban J connectivity index is 1.92. The van der Waals surface area contributed by atoms with Gasteiger partial charge >= 0.3 is 0 Å². The summed E-state index contributed by atoms with van der Waals surface area (Å²) in [7, 11) is 0.